The number of carbonyl (C=O) groups excluding carboxylic acids is 1. The van der Waals surface area contributed by atoms with E-state index in [1.54, 1.807) is 0 Å². The van der Waals surface area contributed by atoms with E-state index in [0.717, 1.165) is 32.7 Å². The fraction of sp³-hybridized carbons (Fsp3) is 0.588. The molecule has 1 N–H and O–H groups in total. The van der Waals surface area contributed by atoms with E-state index in [0.29, 0.717) is 6.54 Å². The van der Waals surface area contributed by atoms with Gasteiger partial charge in [0.2, 0.25) is 5.91 Å². The van der Waals surface area contributed by atoms with Crippen molar-refractivity contribution in [3.05, 3.63) is 35.9 Å². The largest absolute Gasteiger partial charge is 0.395 e. The third-order valence-corrected chi connectivity index (χ3v) is 4.38. The highest BCUT2D eigenvalue weighted by molar-refractivity contribution is 5.78. The Kier molecular flexibility index (Phi) is 6.36. The first-order valence-corrected chi connectivity index (χ1v) is 7.95. The lowest BCUT2D eigenvalue weighted by atomic mass is 10.2. The molecule has 1 aromatic carbocycles. The number of benzene rings is 1. The van der Waals surface area contributed by atoms with Gasteiger partial charge in [0.05, 0.1) is 13.2 Å². The molecule has 0 spiro atoms. The molecule has 22 heavy (non-hydrogen) atoms. The van der Waals surface area contributed by atoms with Gasteiger partial charge in [-0.15, -0.1) is 0 Å². The molecule has 0 saturated carbocycles. The number of likely N-dealkylation sites (N-methyl/N-ethyl adjacent to an activating group) is 1. The molecule has 0 bridgehead atoms. The Balaban J connectivity index is 1.76. The number of aliphatic hydroxyl groups excluding tert-OH is 1. The fourth-order valence-corrected chi connectivity index (χ4v) is 2.61. The first-order chi connectivity index (χ1) is 10.6. The number of rotatable bonds is 6. The van der Waals surface area contributed by atoms with Crippen molar-refractivity contribution in [1.82, 2.24) is 14.7 Å². The molecule has 1 aliphatic heterocycles. The van der Waals surface area contributed by atoms with Crippen molar-refractivity contribution in [2.24, 2.45) is 0 Å². The van der Waals surface area contributed by atoms with Gasteiger partial charge in [0, 0.05) is 38.8 Å². The highest BCUT2D eigenvalue weighted by atomic mass is 16.3. The van der Waals surface area contributed by atoms with Gasteiger partial charge < -0.3 is 10.0 Å². The van der Waals surface area contributed by atoms with E-state index in [-0.39, 0.29) is 18.6 Å². The zero-order valence-electron chi connectivity index (χ0n) is 13.6. The number of amides is 1. The topological polar surface area (TPSA) is 47.0 Å². The Morgan fingerprint density at radius 2 is 1.86 bits per heavy atom. The Labute approximate surface area is 133 Å². The maximum Gasteiger partial charge on any atom is 0.236 e. The Morgan fingerprint density at radius 3 is 2.45 bits per heavy atom. The van der Waals surface area contributed by atoms with E-state index in [9.17, 15) is 4.79 Å². The SMILES string of the molecule is CC(CO)N(C)CC(=O)N1CCN(Cc2ccccc2)CC1. The van der Waals surface area contributed by atoms with Crippen LogP contribution >= 0.6 is 0 Å². The van der Waals surface area contributed by atoms with Crippen molar-refractivity contribution in [1.29, 1.82) is 0 Å². The molecule has 5 nitrogen and oxygen atoms in total. The van der Waals surface area contributed by atoms with Crippen LogP contribution in [-0.4, -0.2) is 78.1 Å². The summed E-state index contributed by atoms with van der Waals surface area (Å²) in [6, 6.07) is 10.5. The van der Waals surface area contributed by atoms with Gasteiger partial charge in [-0.2, -0.15) is 0 Å². The zero-order valence-corrected chi connectivity index (χ0v) is 13.6. The third kappa shape index (κ3) is 4.80. The molecule has 0 aliphatic carbocycles. The molecule has 1 saturated heterocycles. The molecule has 1 fully saturated rings. The van der Waals surface area contributed by atoms with E-state index >= 15 is 0 Å². The van der Waals surface area contributed by atoms with Gasteiger partial charge in [-0.1, -0.05) is 30.3 Å². The number of piperazine rings is 1. The normalized spacial score (nSPS) is 17.7. The summed E-state index contributed by atoms with van der Waals surface area (Å²) in [6.45, 7) is 6.73. The molecule has 1 aromatic rings. The Hall–Kier alpha value is -1.43. The van der Waals surface area contributed by atoms with Crippen LogP contribution in [0.15, 0.2) is 30.3 Å². The van der Waals surface area contributed by atoms with Gasteiger partial charge in [-0.25, -0.2) is 0 Å². The van der Waals surface area contributed by atoms with Gasteiger partial charge >= 0.3 is 0 Å². The van der Waals surface area contributed by atoms with Crippen LogP contribution in [0.25, 0.3) is 0 Å². The molecule has 1 aliphatic rings. The lowest BCUT2D eigenvalue weighted by Gasteiger charge is -2.36. The lowest BCUT2D eigenvalue weighted by molar-refractivity contribution is -0.134. The van der Waals surface area contributed by atoms with Crippen LogP contribution in [0, 0.1) is 0 Å². The number of hydrogen-bond donors (Lipinski definition) is 1. The summed E-state index contributed by atoms with van der Waals surface area (Å²) in [5.41, 5.74) is 1.32. The predicted octanol–water partition coefficient (Wildman–Crippen LogP) is 0.643. The van der Waals surface area contributed by atoms with Gasteiger partial charge in [0.25, 0.3) is 0 Å². The van der Waals surface area contributed by atoms with Crippen molar-refractivity contribution in [3.63, 3.8) is 0 Å². The fourth-order valence-electron chi connectivity index (χ4n) is 2.61. The van der Waals surface area contributed by atoms with Crippen molar-refractivity contribution in [3.8, 4) is 0 Å². The van der Waals surface area contributed by atoms with Crippen LogP contribution in [0.2, 0.25) is 0 Å². The first kappa shape index (κ1) is 16.9. The summed E-state index contributed by atoms with van der Waals surface area (Å²) < 4.78 is 0. The van der Waals surface area contributed by atoms with Crippen molar-refractivity contribution >= 4 is 5.91 Å². The summed E-state index contributed by atoms with van der Waals surface area (Å²) in [5.74, 6) is 0.155. The quantitative estimate of drug-likeness (QED) is 0.838. The number of carbonyl (C=O) groups is 1. The average Bonchev–Trinajstić information content (AvgIpc) is 2.55. The van der Waals surface area contributed by atoms with Crippen molar-refractivity contribution in [2.45, 2.75) is 19.5 Å². The van der Waals surface area contributed by atoms with Crippen LogP contribution in [-0.2, 0) is 11.3 Å². The monoisotopic (exact) mass is 305 g/mol. The summed E-state index contributed by atoms with van der Waals surface area (Å²) >= 11 is 0. The number of aliphatic hydroxyl groups is 1. The van der Waals surface area contributed by atoms with E-state index in [1.165, 1.54) is 5.56 Å². The second-order valence-corrected chi connectivity index (χ2v) is 6.09. The number of nitrogens with zero attached hydrogens (tertiary/aromatic N) is 3. The summed E-state index contributed by atoms with van der Waals surface area (Å²) in [5, 5.41) is 9.13. The van der Waals surface area contributed by atoms with E-state index in [2.05, 4.69) is 29.2 Å². The van der Waals surface area contributed by atoms with Crippen LogP contribution in [0.4, 0.5) is 0 Å². The highest BCUT2D eigenvalue weighted by Crippen LogP contribution is 2.09. The minimum Gasteiger partial charge on any atom is -0.395 e. The molecule has 5 heteroatoms. The standard InChI is InChI=1S/C17H27N3O2/c1-15(14-21)18(2)13-17(22)20-10-8-19(9-11-20)12-16-6-4-3-5-7-16/h3-7,15,21H,8-14H2,1-2H3. The molecule has 0 radical (unpaired) electrons. The molecule has 2 rings (SSSR count). The van der Waals surface area contributed by atoms with E-state index in [1.807, 2.05) is 29.8 Å². The molecule has 1 heterocycles. The van der Waals surface area contributed by atoms with Crippen LogP contribution in [0.5, 0.6) is 0 Å². The molecular formula is C17H27N3O2. The summed E-state index contributed by atoms with van der Waals surface area (Å²) in [7, 11) is 1.88. The minimum atomic E-state index is 0.0170. The predicted molar refractivity (Wildman–Crippen MR) is 87.5 cm³/mol. The molecule has 0 aromatic heterocycles. The molecule has 122 valence electrons. The van der Waals surface area contributed by atoms with Crippen molar-refractivity contribution in [2.75, 3.05) is 46.4 Å². The van der Waals surface area contributed by atoms with Gasteiger partial charge in [0.15, 0.2) is 0 Å². The van der Waals surface area contributed by atoms with E-state index < -0.39 is 0 Å². The Morgan fingerprint density at radius 1 is 1.23 bits per heavy atom. The van der Waals surface area contributed by atoms with Gasteiger partial charge in [-0.3, -0.25) is 14.6 Å². The molecule has 1 amide bonds. The second-order valence-electron chi connectivity index (χ2n) is 6.09. The Bertz CT molecular complexity index is 458. The first-order valence-electron chi connectivity index (χ1n) is 7.95. The van der Waals surface area contributed by atoms with Crippen LogP contribution < -0.4 is 0 Å². The number of hydrogen-bond acceptors (Lipinski definition) is 4. The van der Waals surface area contributed by atoms with Crippen molar-refractivity contribution < 1.29 is 9.90 Å². The molecule has 1 unspecified atom stereocenters. The van der Waals surface area contributed by atoms with E-state index in [4.69, 9.17) is 5.11 Å². The lowest BCUT2D eigenvalue weighted by Crippen LogP contribution is -2.51. The van der Waals surface area contributed by atoms with Crippen LogP contribution in [0.3, 0.4) is 0 Å². The highest BCUT2D eigenvalue weighted by Gasteiger charge is 2.22. The van der Waals surface area contributed by atoms with Crippen LogP contribution in [0.1, 0.15) is 12.5 Å². The maximum absolute atomic E-state index is 12.3. The second kappa shape index (κ2) is 8.27. The van der Waals surface area contributed by atoms with Gasteiger partial charge in [0.1, 0.15) is 0 Å². The smallest absolute Gasteiger partial charge is 0.236 e. The minimum absolute atomic E-state index is 0.0170. The third-order valence-electron chi connectivity index (χ3n) is 4.38. The van der Waals surface area contributed by atoms with Gasteiger partial charge in [-0.05, 0) is 19.5 Å². The molecular weight excluding hydrogens is 278 g/mol. The maximum atomic E-state index is 12.3. The summed E-state index contributed by atoms with van der Waals surface area (Å²) in [4.78, 5) is 18.5. The molecule has 1 atom stereocenters. The zero-order chi connectivity index (χ0) is 15.9. The summed E-state index contributed by atoms with van der Waals surface area (Å²) in [6.07, 6.45) is 0. The average molecular weight is 305 g/mol.